The van der Waals surface area contributed by atoms with Crippen molar-refractivity contribution in [2.75, 3.05) is 0 Å². The van der Waals surface area contributed by atoms with Crippen LogP contribution in [-0.2, 0) is 0 Å². The summed E-state index contributed by atoms with van der Waals surface area (Å²) in [5, 5.41) is 10.3. The monoisotopic (exact) mass is 208 g/mol. The van der Waals surface area contributed by atoms with Gasteiger partial charge in [0.15, 0.2) is 0 Å². The first kappa shape index (κ1) is 11.2. The molecule has 2 aliphatic carbocycles. The lowest BCUT2D eigenvalue weighted by atomic mass is 9.88. The highest BCUT2D eigenvalue weighted by Gasteiger charge is 2.33. The molecule has 0 aliphatic heterocycles. The molecule has 15 heavy (non-hydrogen) atoms. The topological polar surface area (TPSA) is 20.2 Å². The molecule has 0 aromatic carbocycles. The lowest BCUT2D eigenvalue weighted by Crippen LogP contribution is -2.22. The third kappa shape index (κ3) is 3.07. The Morgan fingerprint density at radius 2 is 1.93 bits per heavy atom. The normalized spacial score (nSPS) is 27.5. The molecule has 0 radical (unpaired) electrons. The van der Waals surface area contributed by atoms with Gasteiger partial charge in [-0.25, -0.2) is 0 Å². The van der Waals surface area contributed by atoms with Crippen molar-refractivity contribution in [2.24, 2.45) is 11.8 Å². The number of hydrogen-bond acceptors (Lipinski definition) is 1. The number of hydrogen-bond donors (Lipinski definition) is 1. The zero-order valence-corrected chi connectivity index (χ0v) is 9.91. The first-order valence-corrected chi connectivity index (χ1v) is 6.66. The second-order valence-electron chi connectivity index (χ2n) is 5.37. The minimum absolute atomic E-state index is 0.143. The van der Waals surface area contributed by atoms with Gasteiger partial charge in [0, 0.05) is 0 Å². The lowest BCUT2D eigenvalue weighted by Gasteiger charge is -2.23. The molecule has 0 aromatic heterocycles. The van der Waals surface area contributed by atoms with Gasteiger partial charge < -0.3 is 5.11 Å². The summed E-state index contributed by atoms with van der Waals surface area (Å²) in [6, 6.07) is 0. The van der Waals surface area contributed by atoms with Crippen LogP contribution in [0.5, 0.6) is 0 Å². The minimum Gasteiger partial charge on any atom is -0.388 e. The molecule has 1 N–H and O–H groups in total. The Labute approximate surface area is 93.6 Å². The van der Waals surface area contributed by atoms with Crippen LogP contribution in [0.15, 0.2) is 11.6 Å². The van der Waals surface area contributed by atoms with E-state index >= 15 is 0 Å². The fraction of sp³-hybridized carbons (Fsp3) is 0.857. The van der Waals surface area contributed by atoms with Crippen LogP contribution in [0.4, 0.5) is 0 Å². The van der Waals surface area contributed by atoms with Crippen molar-refractivity contribution in [3.8, 4) is 0 Å². The first-order chi connectivity index (χ1) is 7.29. The van der Waals surface area contributed by atoms with E-state index < -0.39 is 0 Å². The van der Waals surface area contributed by atoms with Gasteiger partial charge in [0.25, 0.3) is 0 Å². The molecule has 0 bridgehead atoms. The van der Waals surface area contributed by atoms with E-state index in [1.165, 1.54) is 50.5 Å². The Bertz CT molecular complexity index is 227. The van der Waals surface area contributed by atoms with E-state index in [2.05, 4.69) is 13.0 Å². The van der Waals surface area contributed by atoms with Gasteiger partial charge in [-0.3, -0.25) is 0 Å². The van der Waals surface area contributed by atoms with Crippen LogP contribution in [0.2, 0.25) is 0 Å². The minimum atomic E-state index is -0.143. The fourth-order valence-electron chi connectivity index (χ4n) is 2.70. The van der Waals surface area contributed by atoms with E-state index in [0.29, 0.717) is 5.92 Å². The molecule has 86 valence electrons. The third-order valence-corrected chi connectivity index (χ3v) is 4.07. The summed E-state index contributed by atoms with van der Waals surface area (Å²) in [6.07, 6.45) is 12.5. The first-order valence-electron chi connectivity index (χ1n) is 6.66. The van der Waals surface area contributed by atoms with E-state index in [1.54, 1.807) is 0 Å². The van der Waals surface area contributed by atoms with Crippen molar-refractivity contribution >= 4 is 0 Å². The number of aliphatic hydroxyl groups is 1. The van der Waals surface area contributed by atoms with Crippen LogP contribution in [0, 0.1) is 11.8 Å². The average molecular weight is 208 g/mol. The van der Waals surface area contributed by atoms with E-state index in [1.807, 2.05) is 0 Å². The number of rotatable bonds is 3. The maximum atomic E-state index is 10.3. The zero-order valence-electron chi connectivity index (χ0n) is 9.91. The quantitative estimate of drug-likeness (QED) is 0.702. The maximum absolute atomic E-state index is 10.3. The summed E-state index contributed by atoms with van der Waals surface area (Å²) in [6.45, 7) is 2.22. The summed E-state index contributed by atoms with van der Waals surface area (Å²) in [5.41, 5.74) is 1.34. The Balaban J connectivity index is 1.93. The summed E-state index contributed by atoms with van der Waals surface area (Å²) >= 11 is 0. The van der Waals surface area contributed by atoms with Crippen LogP contribution in [0.25, 0.3) is 0 Å². The number of allylic oxidation sites excluding steroid dienone is 1. The van der Waals surface area contributed by atoms with Gasteiger partial charge in [0.05, 0.1) is 6.10 Å². The SMILES string of the molecule is CC(C1CC1)C(O)C1=CCCCCCC1. The highest BCUT2D eigenvalue weighted by molar-refractivity contribution is 5.11. The molecule has 0 saturated heterocycles. The highest BCUT2D eigenvalue weighted by Crippen LogP contribution is 2.40. The molecule has 0 amide bonds. The Morgan fingerprint density at radius 3 is 2.67 bits per heavy atom. The van der Waals surface area contributed by atoms with E-state index in [9.17, 15) is 5.11 Å². The molecule has 2 rings (SSSR count). The standard InChI is InChI=1S/C14H24O/c1-11(12-9-10-12)14(15)13-7-5-3-2-4-6-8-13/h7,11-12,14-15H,2-6,8-10H2,1H3. The van der Waals surface area contributed by atoms with Crippen LogP contribution in [0.1, 0.15) is 58.3 Å². The van der Waals surface area contributed by atoms with Gasteiger partial charge in [-0.2, -0.15) is 0 Å². The third-order valence-electron chi connectivity index (χ3n) is 4.07. The molecular weight excluding hydrogens is 184 g/mol. The summed E-state index contributed by atoms with van der Waals surface area (Å²) in [4.78, 5) is 0. The van der Waals surface area contributed by atoms with Crippen molar-refractivity contribution in [1.82, 2.24) is 0 Å². The molecule has 2 atom stereocenters. The van der Waals surface area contributed by atoms with E-state index in [0.717, 1.165) is 12.3 Å². The van der Waals surface area contributed by atoms with Crippen molar-refractivity contribution < 1.29 is 5.11 Å². The lowest BCUT2D eigenvalue weighted by molar-refractivity contribution is 0.133. The van der Waals surface area contributed by atoms with Crippen molar-refractivity contribution in [2.45, 2.75) is 64.4 Å². The smallest absolute Gasteiger partial charge is 0.0778 e. The van der Waals surface area contributed by atoms with Gasteiger partial charge in [-0.05, 0) is 55.9 Å². The van der Waals surface area contributed by atoms with E-state index in [-0.39, 0.29) is 6.10 Å². The molecule has 2 unspecified atom stereocenters. The molecule has 2 aliphatic rings. The zero-order chi connectivity index (χ0) is 10.7. The Kier molecular flexibility index (Phi) is 3.85. The molecule has 1 saturated carbocycles. The van der Waals surface area contributed by atoms with Crippen LogP contribution >= 0.6 is 0 Å². The summed E-state index contributed by atoms with van der Waals surface area (Å²) < 4.78 is 0. The van der Waals surface area contributed by atoms with Crippen LogP contribution < -0.4 is 0 Å². The second-order valence-corrected chi connectivity index (χ2v) is 5.37. The van der Waals surface area contributed by atoms with Gasteiger partial charge in [-0.15, -0.1) is 0 Å². The van der Waals surface area contributed by atoms with Gasteiger partial charge in [0.1, 0.15) is 0 Å². The molecule has 0 heterocycles. The van der Waals surface area contributed by atoms with E-state index in [4.69, 9.17) is 0 Å². The largest absolute Gasteiger partial charge is 0.388 e. The van der Waals surface area contributed by atoms with Crippen LogP contribution in [-0.4, -0.2) is 11.2 Å². The second kappa shape index (κ2) is 5.16. The molecule has 1 fully saturated rings. The van der Waals surface area contributed by atoms with Crippen molar-refractivity contribution in [3.63, 3.8) is 0 Å². The molecule has 1 nitrogen and oxygen atoms in total. The Hall–Kier alpha value is -0.300. The van der Waals surface area contributed by atoms with Gasteiger partial charge in [-0.1, -0.05) is 25.8 Å². The maximum Gasteiger partial charge on any atom is 0.0778 e. The summed E-state index contributed by atoms with van der Waals surface area (Å²) in [5.74, 6) is 1.31. The average Bonchev–Trinajstić information content (AvgIpc) is 2.98. The van der Waals surface area contributed by atoms with Crippen LogP contribution in [0.3, 0.4) is 0 Å². The molecule has 0 spiro atoms. The molecule has 1 heteroatoms. The van der Waals surface area contributed by atoms with Gasteiger partial charge >= 0.3 is 0 Å². The van der Waals surface area contributed by atoms with Crippen molar-refractivity contribution in [1.29, 1.82) is 0 Å². The predicted octanol–water partition coefficient (Wildman–Crippen LogP) is 3.67. The van der Waals surface area contributed by atoms with Gasteiger partial charge in [0.2, 0.25) is 0 Å². The molecular formula is C14H24O. The highest BCUT2D eigenvalue weighted by atomic mass is 16.3. The van der Waals surface area contributed by atoms with Crippen molar-refractivity contribution in [3.05, 3.63) is 11.6 Å². The fourth-order valence-corrected chi connectivity index (χ4v) is 2.70. The summed E-state index contributed by atoms with van der Waals surface area (Å²) in [7, 11) is 0. The predicted molar refractivity (Wildman–Crippen MR) is 63.7 cm³/mol. The Morgan fingerprint density at radius 1 is 1.20 bits per heavy atom. The molecule has 0 aromatic rings. The number of aliphatic hydroxyl groups excluding tert-OH is 1.